The number of sulfonamides is 1. The molecule has 0 heterocycles. The third-order valence-electron chi connectivity index (χ3n) is 5.41. The van der Waals surface area contributed by atoms with E-state index in [-0.39, 0.29) is 19.0 Å². The Morgan fingerprint density at radius 3 is 1.97 bits per heavy atom. The van der Waals surface area contributed by atoms with E-state index in [2.05, 4.69) is 5.32 Å². The normalized spacial score (nSPS) is 12.2. The lowest BCUT2D eigenvalue weighted by atomic mass is 10.1. The summed E-state index contributed by atoms with van der Waals surface area (Å²) in [7, 11) is -3.72. The number of aryl methyl sites for hydroxylation is 2. The molecule has 0 saturated heterocycles. The first-order valence-electron chi connectivity index (χ1n) is 11.2. The molecule has 2 rings (SSSR count). The van der Waals surface area contributed by atoms with Gasteiger partial charge in [-0.25, -0.2) is 8.42 Å². The van der Waals surface area contributed by atoms with Gasteiger partial charge in [0.2, 0.25) is 21.8 Å². The van der Waals surface area contributed by atoms with Crippen LogP contribution in [0, 0.1) is 13.8 Å². The molecule has 1 atom stereocenters. The van der Waals surface area contributed by atoms with Gasteiger partial charge in [0.25, 0.3) is 0 Å². The van der Waals surface area contributed by atoms with Crippen LogP contribution in [0.25, 0.3) is 0 Å². The fourth-order valence-corrected chi connectivity index (χ4v) is 4.35. The van der Waals surface area contributed by atoms with Crippen LogP contribution in [0.4, 0.5) is 5.69 Å². The van der Waals surface area contributed by atoms with Crippen LogP contribution in [-0.2, 0) is 26.2 Å². The summed E-state index contributed by atoms with van der Waals surface area (Å²) in [5.74, 6) is -0.666. The van der Waals surface area contributed by atoms with Gasteiger partial charge in [0.15, 0.2) is 0 Å². The number of nitrogens with zero attached hydrogens (tertiary/aromatic N) is 2. The maximum Gasteiger partial charge on any atom is 0.244 e. The highest BCUT2D eigenvalue weighted by Gasteiger charge is 2.31. The van der Waals surface area contributed by atoms with Crippen molar-refractivity contribution in [1.29, 1.82) is 0 Å². The molecule has 0 radical (unpaired) electrons. The van der Waals surface area contributed by atoms with Crippen LogP contribution in [0.2, 0.25) is 0 Å². The van der Waals surface area contributed by atoms with Crippen molar-refractivity contribution in [3.63, 3.8) is 0 Å². The van der Waals surface area contributed by atoms with Gasteiger partial charge in [-0.1, -0.05) is 61.4 Å². The van der Waals surface area contributed by atoms with E-state index in [9.17, 15) is 18.0 Å². The van der Waals surface area contributed by atoms with Crippen LogP contribution in [0.3, 0.4) is 0 Å². The van der Waals surface area contributed by atoms with E-state index in [0.717, 1.165) is 33.7 Å². The highest BCUT2D eigenvalue weighted by Crippen LogP contribution is 2.20. The average Bonchev–Trinajstić information content (AvgIpc) is 2.77. The minimum atomic E-state index is -3.72. The lowest BCUT2D eigenvalue weighted by Crippen LogP contribution is -2.52. The van der Waals surface area contributed by atoms with Crippen molar-refractivity contribution in [1.82, 2.24) is 10.2 Å². The zero-order valence-corrected chi connectivity index (χ0v) is 21.0. The molecule has 0 aliphatic carbocycles. The van der Waals surface area contributed by atoms with Crippen LogP contribution in [0.15, 0.2) is 48.5 Å². The van der Waals surface area contributed by atoms with E-state index in [1.807, 2.05) is 52.0 Å². The minimum absolute atomic E-state index is 0.211. The Balaban J connectivity index is 2.39. The summed E-state index contributed by atoms with van der Waals surface area (Å²) in [6.45, 7) is 8.03. The predicted molar refractivity (Wildman–Crippen MR) is 132 cm³/mol. The van der Waals surface area contributed by atoms with Gasteiger partial charge in [-0.3, -0.25) is 13.9 Å². The van der Waals surface area contributed by atoms with E-state index >= 15 is 0 Å². The Kier molecular flexibility index (Phi) is 9.46. The molecule has 0 bridgehead atoms. The number of hydrogen-bond donors (Lipinski definition) is 1. The van der Waals surface area contributed by atoms with E-state index in [0.29, 0.717) is 18.7 Å². The van der Waals surface area contributed by atoms with Gasteiger partial charge >= 0.3 is 0 Å². The first-order chi connectivity index (χ1) is 15.6. The van der Waals surface area contributed by atoms with Gasteiger partial charge < -0.3 is 10.2 Å². The third-order valence-corrected chi connectivity index (χ3v) is 6.55. The van der Waals surface area contributed by atoms with Gasteiger partial charge in [0.05, 0.1) is 11.9 Å². The highest BCUT2D eigenvalue weighted by atomic mass is 32.2. The highest BCUT2D eigenvalue weighted by molar-refractivity contribution is 7.92. The minimum Gasteiger partial charge on any atom is -0.354 e. The third kappa shape index (κ3) is 7.60. The number of benzene rings is 2. The summed E-state index contributed by atoms with van der Waals surface area (Å²) < 4.78 is 26.2. The zero-order valence-electron chi connectivity index (χ0n) is 20.2. The summed E-state index contributed by atoms with van der Waals surface area (Å²) in [5.41, 5.74) is 3.36. The van der Waals surface area contributed by atoms with Crippen LogP contribution in [-0.4, -0.2) is 50.5 Å². The van der Waals surface area contributed by atoms with Crippen LogP contribution in [0.1, 0.15) is 43.4 Å². The molecular formula is C25H35N3O4S. The van der Waals surface area contributed by atoms with Crippen LogP contribution < -0.4 is 9.62 Å². The van der Waals surface area contributed by atoms with Gasteiger partial charge in [0, 0.05) is 13.1 Å². The summed E-state index contributed by atoms with van der Waals surface area (Å²) in [6.07, 6.45) is 2.27. The van der Waals surface area contributed by atoms with Crippen molar-refractivity contribution in [2.24, 2.45) is 0 Å². The van der Waals surface area contributed by atoms with Crippen LogP contribution >= 0.6 is 0 Å². The Hall–Kier alpha value is -2.87. The van der Waals surface area contributed by atoms with Gasteiger partial charge in [-0.15, -0.1) is 0 Å². The number of nitrogens with one attached hydrogen (secondary N) is 1. The molecule has 0 aliphatic rings. The molecule has 0 fully saturated rings. The summed E-state index contributed by atoms with van der Waals surface area (Å²) in [4.78, 5) is 27.9. The van der Waals surface area contributed by atoms with Crippen molar-refractivity contribution in [3.8, 4) is 0 Å². The van der Waals surface area contributed by atoms with Gasteiger partial charge in [0.1, 0.15) is 12.6 Å². The van der Waals surface area contributed by atoms with Crippen molar-refractivity contribution >= 4 is 27.5 Å². The number of amides is 2. The van der Waals surface area contributed by atoms with Crippen molar-refractivity contribution in [2.75, 3.05) is 23.7 Å². The predicted octanol–water partition coefficient (Wildman–Crippen LogP) is 3.40. The number of anilines is 1. The lowest BCUT2D eigenvalue weighted by Gasteiger charge is -2.33. The van der Waals surface area contributed by atoms with Crippen molar-refractivity contribution in [3.05, 3.63) is 65.2 Å². The topological polar surface area (TPSA) is 86.8 Å². The standard InChI is InChI=1S/C25H35N3O4S/c1-6-16-26-25(30)23(7-2)27(17-21-12-8-19(3)9-13-21)24(29)18-28(33(5,31)32)22-14-10-20(4)11-15-22/h8-15,23H,6-7,16-18H2,1-5H3,(H,26,30). The second-order valence-corrected chi connectivity index (χ2v) is 10.2. The Labute approximate surface area is 197 Å². The summed E-state index contributed by atoms with van der Waals surface area (Å²) >= 11 is 0. The second-order valence-electron chi connectivity index (χ2n) is 8.33. The Bertz CT molecular complexity index is 1030. The van der Waals surface area contributed by atoms with Gasteiger partial charge in [-0.2, -0.15) is 0 Å². The average molecular weight is 474 g/mol. The fraction of sp³-hybridized carbons (Fsp3) is 0.440. The van der Waals surface area contributed by atoms with Gasteiger partial charge in [-0.05, 0) is 44.4 Å². The molecular weight excluding hydrogens is 438 g/mol. The van der Waals surface area contributed by atoms with Crippen LogP contribution in [0.5, 0.6) is 0 Å². The Morgan fingerprint density at radius 1 is 0.939 bits per heavy atom. The van der Waals surface area contributed by atoms with E-state index in [4.69, 9.17) is 0 Å². The number of rotatable bonds is 11. The monoisotopic (exact) mass is 473 g/mol. The molecule has 180 valence electrons. The molecule has 0 spiro atoms. The quantitative estimate of drug-likeness (QED) is 0.542. The van der Waals surface area contributed by atoms with E-state index < -0.39 is 22.0 Å². The maximum atomic E-state index is 13.5. The lowest BCUT2D eigenvalue weighted by molar-refractivity contribution is -0.140. The molecule has 1 N–H and O–H groups in total. The molecule has 1 unspecified atom stereocenters. The second kappa shape index (κ2) is 11.8. The van der Waals surface area contributed by atoms with E-state index in [1.54, 1.807) is 24.3 Å². The Morgan fingerprint density at radius 2 is 1.48 bits per heavy atom. The number of hydrogen-bond acceptors (Lipinski definition) is 4. The molecule has 0 saturated carbocycles. The molecule has 0 aliphatic heterocycles. The van der Waals surface area contributed by atoms with Crippen molar-refractivity contribution < 1.29 is 18.0 Å². The molecule has 0 aromatic heterocycles. The smallest absolute Gasteiger partial charge is 0.244 e. The maximum absolute atomic E-state index is 13.5. The van der Waals surface area contributed by atoms with E-state index in [1.165, 1.54) is 4.90 Å². The first kappa shape index (κ1) is 26.4. The molecule has 2 aromatic carbocycles. The summed E-state index contributed by atoms with van der Waals surface area (Å²) in [5, 5.41) is 2.87. The molecule has 2 aromatic rings. The SMILES string of the molecule is CCCNC(=O)C(CC)N(Cc1ccc(C)cc1)C(=O)CN(c1ccc(C)cc1)S(C)(=O)=O. The molecule has 7 nitrogen and oxygen atoms in total. The largest absolute Gasteiger partial charge is 0.354 e. The number of carbonyl (C=O) groups is 2. The molecule has 2 amide bonds. The molecule has 33 heavy (non-hydrogen) atoms. The molecule has 8 heteroatoms. The first-order valence-corrected chi connectivity index (χ1v) is 13.1. The van der Waals surface area contributed by atoms with Crippen molar-refractivity contribution in [2.45, 2.75) is 53.1 Å². The fourth-order valence-electron chi connectivity index (χ4n) is 3.50. The number of carbonyl (C=O) groups excluding carboxylic acids is 2. The summed E-state index contributed by atoms with van der Waals surface area (Å²) in [6, 6.07) is 14.0. The zero-order chi connectivity index (χ0) is 24.6.